The van der Waals surface area contributed by atoms with Gasteiger partial charge < -0.3 is 24.5 Å². The molecule has 2 heterocycles. The first kappa shape index (κ1) is 17.8. The highest BCUT2D eigenvalue weighted by molar-refractivity contribution is 6.04. The van der Waals surface area contributed by atoms with Crippen LogP contribution < -0.4 is 14.8 Å². The largest absolute Gasteiger partial charge is 0.486 e. The van der Waals surface area contributed by atoms with E-state index in [1.54, 1.807) is 20.8 Å². The number of hydrogen-bond donors (Lipinski definition) is 2. The molecule has 0 radical (unpaired) electrons. The van der Waals surface area contributed by atoms with Gasteiger partial charge in [0.05, 0.1) is 30.1 Å². The number of H-pyrrole nitrogens is 1. The van der Waals surface area contributed by atoms with Crippen LogP contribution in [0.25, 0.3) is 0 Å². The van der Waals surface area contributed by atoms with Crippen molar-refractivity contribution >= 4 is 17.4 Å². The Morgan fingerprint density at radius 1 is 1.23 bits per heavy atom. The molecule has 0 amide bonds. The zero-order valence-electron chi connectivity index (χ0n) is 15.3. The standard InChI is InChI=1S/C19H22N2O5/c1-10-15(19(23)24-4)11(2)21-16(10)17(22)12(3)20-13-6-5-7-14-18(13)26-9-8-25-14/h5-7,12,20-21H,8-9H2,1-4H3. The number of Topliss-reactive ketones (excluding diaryl/α,β-unsaturated/α-hetero) is 1. The maximum absolute atomic E-state index is 12.9. The summed E-state index contributed by atoms with van der Waals surface area (Å²) in [4.78, 5) is 27.8. The first-order valence-electron chi connectivity index (χ1n) is 8.40. The molecule has 138 valence electrons. The van der Waals surface area contributed by atoms with Crippen molar-refractivity contribution in [2.24, 2.45) is 0 Å². The first-order chi connectivity index (χ1) is 12.4. The SMILES string of the molecule is COC(=O)c1c(C)[nH]c(C(=O)C(C)Nc2cccc3c2OCCO3)c1C. The molecule has 0 aliphatic carbocycles. The first-order valence-corrected chi connectivity index (χ1v) is 8.40. The number of aromatic amines is 1. The van der Waals surface area contributed by atoms with E-state index in [9.17, 15) is 9.59 Å². The van der Waals surface area contributed by atoms with Gasteiger partial charge in [-0.05, 0) is 38.5 Å². The van der Waals surface area contributed by atoms with E-state index in [-0.39, 0.29) is 5.78 Å². The lowest BCUT2D eigenvalue weighted by atomic mass is 10.0. The van der Waals surface area contributed by atoms with E-state index >= 15 is 0 Å². The molecule has 3 rings (SSSR count). The van der Waals surface area contributed by atoms with E-state index in [0.29, 0.717) is 52.9 Å². The molecule has 1 aromatic carbocycles. The highest BCUT2D eigenvalue weighted by atomic mass is 16.6. The number of carbonyl (C=O) groups excluding carboxylic acids is 2. The third-order valence-electron chi connectivity index (χ3n) is 4.40. The topological polar surface area (TPSA) is 89.7 Å². The van der Waals surface area contributed by atoms with Crippen molar-refractivity contribution in [3.05, 3.63) is 40.7 Å². The minimum Gasteiger partial charge on any atom is -0.486 e. The molecule has 0 spiro atoms. The summed E-state index contributed by atoms with van der Waals surface area (Å²) in [6.45, 7) is 6.20. The molecule has 1 aliphatic heterocycles. The van der Waals surface area contributed by atoms with E-state index in [1.807, 2.05) is 18.2 Å². The summed E-state index contributed by atoms with van der Waals surface area (Å²) < 4.78 is 16.0. The molecule has 1 atom stereocenters. The number of para-hydroxylation sites is 1. The second-order valence-electron chi connectivity index (χ2n) is 6.18. The van der Waals surface area contributed by atoms with Crippen LogP contribution in [0, 0.1) is 13.8 Å². The third kappa shape index (κ3) is 3.12. The van der Waals surface area contributed by atoms with E-state index in [4.69, 9.17) is 14.2 Å². The van der Waals surface area contributed by atoms with E-state index in [2.05, 4.69) is 10.3 Å². The fraction of sp³-hybridized carbons (Fsp3) is 0.368. The van der Waals surface area contributed by atoms with Gasteiger partial charge in [-0.3, -0.25) is 4.79 Å². The number of aryl methyl sites for hydroxylation is 1. The summed E-state index contributed by atoms with van der Waals surface area (Å²) in [7, 11) is 1.32. The number of hydrogen-bond acceptors (Lipinski definition) is 6. The van der Waals surface area contributed by atoms with Gasteiger partial charge in [-0.25, -0.2) is 4.79 Å². The number of esters is 1. The summed E-state index contributed by atoms with van der Waals surface area (Å²) >= 11 is 0. The molecule has 2 N–H and O–H groups in total. The highest BCUT2D eigenvalue weighted by Gasteiger charge is 2.26. The Balaban J connectivity index is 1.85. The van der Waals surface area contributed by atoms with Gasteiger partial charge >= 0.3 is 5.97 Å². The lowest BCUT2D eigenvalue weighted by Gasteiger charge is -2.23. The second-order valence-corrected chi connectivity index (χ2v) is 6.18. The minimum absolute atomic E-state index is 0.157. The molecule has 26 heavy (non-hydrogen) atoms. The molecule has 0 saturated carbocycles. The number of anilines is 1. The van der Waals surface area contributed by atoms with Gasteiger partial charge in [0.2, 0.25) is 5.78 Å². The highest BCUT2D eigenvalue weighted by Crippen LogP contribution is 2.37. The molecular formula is C19H22N2O5. The van der Waals surface area contributed by atoms with E-state index in [0.717, 1.165) is 0 Å². The number of aromatic nitrogens is 1. The van der Waals surface area contributed by atoms with Crippen molar-refractivity contribution < 1.29 is 23.8 Å². The van der Waals surface area contributed by atoms with Gasteiger partial charge in [-0.1, -0.05) is 6.07 Å². The van der Waals surface area contributed by atoms with Crippen LogP contribution in [0.5, 0.6) is 11.5 Å². The summed E-state index contributed by atoms with van der Waals surface area (Å²) in [6.07, 6.45) is 0. The fourth-order valence-corrected chi connectivity index (χ4v) is 3.11. The number of rotatable bonds is 5. The van der Waals surface area contributed by atoms with Crippen molar-refractivity contribution in [1.29, 1.82) is 0 Å². The Labute approximate surface area is 151 Å². The van der Waals surface area contributed by atoms with Crippen LogP contribution >= 0.6 is 0 Å². The second kappa shape index (κ2) is 7.11. The third-order valence-corrected chi connectivity index (χ3v) is 4.40. The van der Waals surface area contributed by atoms with Crippen LogP contribution in [0.1, 0.15) is 39.0 Å². The van der Waals surface area contributed by atoms with Crippen molar-refractivity contribution in [2.45, 2.75) is 26.8 Å². The minimum atomic E-state index is -0.533. The molecule has 7 nitrogen and oxygen atoms in total. The Morgan fingerprint density at radius 3 is 2.69 bits per heavy atom. The monoisotopic (exact) mass is 358 g/mol. The smallest absolute Gasteiger partial charge is 0.339 e. The number of carbonyl (C=O) groups is 2. The quantitative estimate of drug-likeness (QED) is 0.631. The molecule has 0 bridgehead atoms. The summed E-state index contributed by atoms with van der Waals surface area (Å²) in [5.74, 6) is 0.641. The van der Waals surface area contributed by atoms with Gasteiger partial charge in [0.1, 0.15) is 13.2 Å². The van der Waals surface area contributed by atoms with Gasteiger partial charge in [-0.15, -0.1) is 0 Å². The Bertz CT molecular complexity index is 856. The number of ketones is 1. The summed E-state index contributed by atoms with van der Waals surface area (Å²) in [5, 5.41) is 3.18. The molecule has 1 unspecified atom stereocenters. The number of ether oxygens (including phenoxy) is 3. The average Bonchev–Trinajstić information content (AvgIpc) is 2.95. The van der Waals surface area contributed by atoms with Crippen LogP contribution in [0.15, 0.2) is 18.2 Å². The van der Waals surface area contributed by atoms with Crippen LogP contribution in [-0.4, -0.2) is 43.1 Å². The number of methoxy groups -OCH3 is 1. The predicted molar refractivity (Wildman–Crippen MR) is 96.5 cm³/mol. The molecular weight excluding hydrogens is 336 g/mol. The van der Waals surface area contributed by atoms with Crippen molar-refractivity contribution in [1.82, 2.24) is 4.98 Å². The fourth-order valence-electron chi connectivity index (χ4n) is 3.11. The lowest BCUT2D eigenvalue weighted by molar-refractivity contribution is 0.0599. The van der Waals surface area contributed by atoms with Crippen molar-refractivity contribution in [3.8, 4) is 11.5 Å². The van der Waals surface area contributed by atoms with Gasteiger partial charge in [0.15, 0.2) is 11.5 Å². The number of benzene rings is 1. The van der Waals surface area contributed by atoms with Gasteiger partial charge in [0.25, 0.3) is 0 Å². The molecule has 1 aromatic heterocycles. The Hall–Kier alpha value is -2.96. The average molecular weight is 358 g/mol. The molecule has 0 saturated heterocycles. The Kier molecular flexibility index (Phi) is 4.88. The van der Waals surface area contributed by atoms with Crippen LogP contribution in [0.2, 0.25) is 0 Å². The van der Waals surface area contributed by atoms with Gasteiger partial charge in [-0.2, -0.15) is 0 Å². The van der Waals surface area contributed by atoms with E-state index in [1.165, 1.54) is 7.11 Å². The molecule has 0 fully saturated rings. The predicted octanol–water partition coefficient (Wildman–Crippen LogP) is 2.87. The number of nitrogens with one attached hydrogen (secondary N) is 2. The molecule has 1 aliphatic rings. The molecule has 2 aromatic rings. The molecule has 7 heteroatoms. The summed E-state index contributed by atoms with van der Waals surface area (Å²) in [6, 6.07) is 4.97. The van der Waals surface area contributed by atoms with E-state index < -0.39 is 12.0 Å². The lowest BCUT2D eigenvalue weighted by Crippen LogP contribution is -2.28. The zero-order valence-corrected chi connectivity index (χ0v) is 15.3. The maximum Gasteiger partial charge on any atom is 0.339 e. The Morgan fingerprint density at radius 2 is 1.96 bits per heavy atom. The zero-order chi connectivity index (χ0) is 18.8. The van der Waals surface area contributed by atoms with Crippen LogP contribution in [-0.2, 0) is 4.74 Å². The summed E-state index contributed by atoms with van der Waals surface area (Å²) in [5.41, 5.74) is 2.68. The maximum atomic E-state index is 12.9. The van der Waals surface area contributed by atoms with Crippen LogP contribution in [0.4, 0.5) is 5.69 Å². The van der Waals surface area contributed by atoms with Gasteiger partial charge in [0, 0.05) is 5.69 Å². The van der Waals surface area contributed by atoms with Crippen molar-refractivity contribution in [3.63, 3.8) is 0 Å². The van der Waals surface area contributed by atoms with Crippen molar-refractivity contribution in [2.75, 3.05) is 25.6 Å². The normalized spacial score (nSPS) is 13.8. The van der Waals surface area contributed by atoms with Crippen LogP contribution in [0.3, 0.4) is 0 Å². The number of fused-ring (bicyclic) bond motifs is 1.